The Balaban J connectivity index is 2.05. The SMILES string of the molecule is COC(=O)c1cccc(C(=O)N[C@@H](CCc2ccccc2)C(=O)O)c1. The zero-order valence-electron chi connectivity index (χ0n) is 13.8. The fourth-order valence-corrected chi connectivity index (χ4v) is 2.36. The molecule has 2 N–H and O–H groups in total. The molecule has 0 saturated carbocycles. The lowest BCUT2D eigenvalue weighted by Gasteiger charge is -2.15. The Morgan fingerprint density at radius 1 is 1.04 bits per heavy atom. The number of carbonyl (C=O) groups excluding carboxylic acids is 2. The maximum atomic E-state index is 12.3. The molecule has 0 aliphatic rings. The first-order chi connectivity index (χ1) is 12.0. The zero-order chi connectivity index (χ0) is 18.2. The molecule has 2 aromatic carbocycles. The quantitative estimate of drug-likeness (QED) is 0.754. The van der Waals surface area contributed by atoms with Crippen LogP contribution in [0.4, 0.5) is 0 Å². The fourth-order valence-electron chi connectivity index (χ4n) is 2.36. The van der Waals surface area contributed by atoms with Crippen LogP contribution in [0.3, 0.4) is 0 Å². The van der Waals surface area contributed by atoms with Gasteiger partial charge in [-0.05, 0) is 36.6 Å². The molecule has 0 spiro atoms. The van der Waals surface area contributed by atoms with Crippen molar-refractivity contribution in [3.8, 4) is 0 Å². The van der Waals surface area contributed by atoms with Gasteiger partial charge in [-0.3, -0.25) is 4.79 Å². The van der Waals surface area contributed by atoms with Gasteiger partial charge in [0.15, 0.2) is 0 Å². The summed E-state index contributed by atoms with van der Waals surface area (Å²) in [4.78, 5) is 35.3. The van der Waals surface area contributed by atoms with Crippen LogP contribution in [0, 0.1) is 0 Å². The highest BCUT2D eigenvalue weighted by Crippen LogP contribution is 2.09. The third-order valence-corrected chi connectivity index (χ3v) is 3.71. The normalized spacial score (nSPS) is 11.4. The number of nitrogens with one attached hydrogen (secondary N) is 1. The van der Waals surface area contributed by atoms with E-state index in [0.29, 0.717) is 6.42 Å². The predicted octanol–water partition coefficient (Wildman–Crippen LogP) is 2.29. The number of carboxylic acid groups (broad SMARTS) is 1. The number of methoxy groups -OCH3 is 1. The van der Waals surface area contributed by atoms with Crippen molar-refractivity contribution in [1.82, 2.24) is 5.32 Å². The number of benzene rings is 2. The van der Waals surface area contributed by atoms with E-state index in [0.717, 1.165) is 5.56 Å². The molecule has 1 atom stereocenters. The van der Waals surface area contributed by atoms with E-state index in [1.807, 2.05) is 30.3 Å². The monoisotopic (exact) mass is 341 g/mol. The highest BCUT2D eigenvalue weighted by Gasteiger charge is 2.21. The minimum absolute atomic E-state index is 0.203. The minimum atomic E-state index is -1.10. The molecule has 0 aliphatic carbocycles. The molecule has 2 rings (SSSR count). The van der Waals surface area contributed by atoms with Crippen LogP contribution < -0.4 is 5.32 Å². The van der Waals surface area contributed by atoms with Crippen LogP contribution in [0.25, 0.3) is 0 Å². The molecule has 2 aromatic rings. The average molecular weight is 341 g/mol. The number of hydrogen-bond donors (Lipinski definition) is 2. The first-order valence-electron chi connectivity index (χ1n) is 7.77. The summed E-state index contributed by atoms with van der Waals surface area (Å²) >= 11 is 0. The number of esters is 1. The van der Waals surface area contributed by atoms with Crippen LogP contribution in [0.15, 0.2) is 54.6 Å². The van der Waals surface area contributed by atoms with Gasteiger partial charge in [-0.25, -0.2) is 9.59 Å². The molecule has 0 radical (unpaired) electrons. The van der Waals surface area contributed by atoms with Gasteiger partial charge in [-0.2, -0.15) is 0 Å². The number of hydrogen-bond acceptors (Lipinski definition) is 4. The van der Waals surface area contributed by atoms with Crippen molar-refractivity contribution in [1.29, 1.82) is 0 Å². The Morgan fingerprint density at radius 2 is 1.72 bits per heavy atom. The zero-order valence-corrected chi connectivity index (χ0v) is 13.8. The Kier molecular flexibility index (Phi) is 6.28. The van der Waals surface area contributed by atoms with E-state index < -0.39 is 23.9 Å². The third kappa shape index (κ3) is 5.17. The smallest absolute Gasteiger partial charge is 0.337 e. The average Bonchev–Trinajstić information content (AvgIpc) is 2.64. The Hall–Kier alpha value is -3.15. The maximum absolute atomic E-state index is 12.3. The summed E-state index contributed by atoms with van der Waals surface area (Å²) in [6.45, 7) is 0. The van der Waals surface area contributed by atoms with Gasteiger partial charge in [-0.15, -0.1) is 0 Å². The van der Waals surface area contributed by atoms with Crippen LogP contribution in [-0.2, 0) is 16.0 Å². The van der Waals surface area contributed by atoms with Gasteiger partial charge in [0.25, 0.3) is 5.91 Å². The van der Waals surface area contributed by atoms with E-state index >= 15 is 0 Å². The lowest BCUT2D eigenvalue weighted by Crippen LogP contribution is -2.41. The Morgan fingerprint density at radius 3 is 2.36 bits per heavy atom. The van der Waals surface area contributed by atoms with Crippen molar-refractivity contribution in [3.05, 3.63) is 71.3 Å². The lowest BCUT2D eigenvalue weighted by atomic mass is 10.0. The number of ether oxygens (including phenoxy) is 1. The second kappa shape index (κ2) is 8.63. The molecule has 6 nitrogen and oxygen atoms in total. The van der Waals surface area contributed by atoms with Crippen molar-refractivity contribution in [2.45, 2.75) is 18.9 Å². The van der Waals surface area contributed by atoms with Crippen molar-refractivity contribution in [2.24, 2.45) is 0 Å². The second-order valence-corrected chi connectivity index (χ2v) is 5.46. The molecular weight excluding hydrogens is 322 g/mol. The number of aryl methyl sites for hydroxylation is 1. The van der Waals surface area contributed by atoms with Crippen LogP contribution in [-0.4, -0.2) is 36.1 Å². The topological polar surface area (TPSA) is 92.7 Å². The van der Waals surface area contributed by atoms with Crippen molar-refractivity contribution in [2.75, 3.05) is 7.11 Å². The van der Waals surface area contributed by atoms with Gasteiger partial charge < -0.3 is 15.2 Å². The molecule has 0 unspecified atom stereocenters. The fraction of sp³-hybridized carbons (Fsp3) is 0.211. The molecule has 25 heavy (non-hydrogen) atoms. The molecule has 0 aliphatic heterocycles. The highest BCUT2D eigenvalue weighted by atomic mass is 16.5. The van der Waals surface area contributed by atoms with Gasteiger partial charge in [0, 0.05) is 5.56 Å². The van der Waals surface area contributed by atoms with Gasteiger partial charge in [0.1, 0.15) is 6.04 Å². The number of amides is 1. The van der Waals surface area contributed by atoms with Gasteiger partial charge in [0.2, 0.25) is 0 Å². The van der Waals surface area contributed by atoms with Crippen molar-refractivity contribution < 1.29 is 24.2 Å². The van der Waals surface area contributed by atoms with Crippen LogP contribution >= 0.6 is 0 Å². The summed E-state index contributed by atoms with van der Waals surface area (Å²) < 4.78 is 4.61. The van der Waals surface area contributed by atoms with Crippen molar-refractivity contribution in [3.63, 3.8) is 0 Å². The largest absolute Gasteiger partial charge is 0.480 e. The van der Waals surface area contributed by atoms with E-state index in [9.17, 15) is 19.5 Å². The molecule has 0 aromatic heterocycles. The summed E-state index contributed by atoms with van der Waals surface area (Å²) in [5.74, 6) is -2.21. The molecule has 0 bridgehead atoms. The van der Waals surface area contributed by atoms with Gasteiger partial charge >= 0.3 is 11.9 Å². The standard InChI is InChI=1S/C19H19NO5/c1-25-19(24)15-9-5-8-14(12-15)17(21)20-16(18(22)23)11-10-13-6-3-2-4-7-13/h2-9,12,16H,10-11H2,1H3,(H,20,21)(H,22,23)/t16-/m0/s1. The molecule has 130 valence electrons. The predicted molar refractivity (Wildman–Crippen MR) is 91.4 cm³/mol. The van der Waals surface area contributed by atoms with E-state index in [-0.39, 0.29) is 17.5 Å². The number of aliphatic carboxylic acids is 1. The summed E-state index contributed by atoms with van der Waals surface area (Å²) in [5.41, 5.74) is 1.43. The van der Waals surface area contributed by atoms with E-state index in [4.69, 9.17) is 0 Å². The summed E-state index contributed by atoms with van der Waals surface area (Å²) in [6, 6.07) is 14.4. The van der Waals surface area contributed by atoms with Gasteiger partial charge in [-0.1, -0.05) is 36.4 Å². The van der Waals surface area contributed by atoms with Crippen LogP contribution in [0.1, 0.15) is 32.7 Å². The molecule has 1 amide bonds. The number of carbonyl (C=O) groups is 3. The third-order valence-electron chi connectivity index (χ3n) is 3.71. The van der Waals surface area contributed by atoms with Crippen molar-refractivity contribution >= 4 is 17.8 Å². The highest BCUT2D eigenvalue weighted by molar-refractivity contribution is 5.99. The summed E-state index contributed by atoms with van der Waals surface area (Å²) in [7, 11) is 1.25. The van der Waals surface area contributed by atoms with Gasteiger partial charge in [0.05, 0.1) is 12.7 Å². The summed E-state index contributed by atoms with van der Waals surface area (Å²) in [5, 5.41) is 11.8. The van der Waals surface area contributed by atoms with Crippen LogP contribution in [0.5, 0.6) is 0 Å². The maximum Gasteiger partial charge on any atom is 0.337 e. The van der Waals surface area contributed by atoms with E-state index in [1.54, 1.807) is 6.07 Å². The van der Waals surface area contributed by atoms with Crippen LogP contribution in [0.2, 0.25) is 0 Å². The lowest BCUT2D eigenvalue weighted by molar-refractivity contribution is -0.139. The number of rotatable bonds is 7. The number of carboxylic acids is 1. The molecule has 0 saturated heterocycles. The Labute approximate surface area is 145 Å². The molecule has 0 heterocycles. The van der Waals surface area contributed by atoms with E-state index in [2.05, 4.69) is 10.1 Å². The second-order valence-electron chi connectivity index (χ2n) is 5.46. The van der Waals surface area contributed by atoms with E-state index in [1.165, 1.54) is 25.3 Å². The first-order valence-corrected chi connectivity index (χ1v) is 7.77. The summed E-state index contributed by atoms with van der Waals surface area (Å²) in [6.07, 6.45) is 0.794. The molecular formula is C19H19NO5. The Bertz CT molecular complexity index is 757. The minimum Gasteiger partial charge on any atom is -0.480 e. The first kappa shape index (κ1) is 18.2. The molecule has 0 fully saturated rings. The molecule has 6 heteroatoms.